The Hall–Kier alpha value is -1.90. The van der Waals surface area contributed by atoms with Gasteiger partial charge in [0.15, 0.2) is 0 Å². The number of nitrogens with zero attached hydrogens (tertiary/aromatic N) is 4. The summed E-state index contributed by atoms with van der Waals surface area (Å²) in [4.78, 5) is 19.8. The molecule has 0 unspecified atom stereocenters. The fraction of sp³-hybridized carbons (Fsp3) is 0.636. The lowest BCUT2D eigenvalue weighted by molar-refractivity contribution is -0.153. The van der Waals surface area contributed by atoms with E-state index in [0.29, 0.717) is 29.8 Å². The van der Waals surface area contributed by atoms with Crippen LogP contribution in [0.15, 0.2) is 24.3 Å². The molecule has 3 aliphatic rings. The highest BCUT2D eigenvalue weighted by Crippen LogP contribution is 2.42. The van der Waals surface area contributed by atoms with Crippen molar-refractivity contribution in [1.29, 1.82) is 5.26 Å². The van der Waals surface area contributed by atoms with E-state index < -0.39 is 0 Å². The number of carbonyl (C=O) groups excluding carboxylic acids is 1. The second kappa shape index (κ2) is 7.61. The first-order valence-electron chi connectivity index (χ1n) is 10.2. The molecular weight excluding hydrogens is 336 g/mol. The highest BCUT2D eigenvalue weighted by atomic mass is 16.2. The lowest BCUT2D eigenvalue weighted by Crippen LogP contribution is -2.66. The lowest BCUT2D eigenvalue weighted by Gasteiger charge is -2.57. The topological polar surface area (TPSA) is 50.6 Å². The van der Waals surface area contributed by atoms with Crippen LogP contribution in [0.4, 0.5) is 0 Å². The minimum atomic E-state index is 0.335. The molecule has 0 spiro atoms. The highest BCUT2D eigenvalue weighted by Gasteiger charge is 2.49. The quantitative estimate of drug-likeness (QED) is 0.821. The van der Waals surface area contributed by atoms with E-state index in [2.05, 4.69) is 40.9 Å². The van der Waals surface area contributed by atoms with Crippen molar-refractivity contribution >= 4 is 5.91 Å². The van der Waals surface area contributed by atoms with Gasteiger partial charge in [0.2, 0.25) is 5.91 Å². The van der Waals surface area contributed by atoms with E-state index in [4.69, 9.17) is 5.26 Å². The number of rotatable bonds is 4. The van der Waals surface area contributed by atoms with Crippen LogP contribution in [0.25, 0.3) is 0 Å². The smallest absolute Gasteiger partial charge is 0.223 e. The first kappa shape index (κ1) is 18.5. The van der Waals surface area contributed by atoms with Gasteiger partial charge in [-0.2, -0.15) is 5.26 Å². The molecule has 4 atom stereocenters. The Morgan fingerprint density at radius 3 is 2.85 bits per heavy atom. The molecule has 0 aromatic heterocycles. The molecule has 1 amide bonds. The summed E-state index contributed by atoms with van der Waals surface area (Å²) in [6.45, 7) is 3.97. The van der Waals surface area contributed by atoms with Gasteiger partial charge in [-0.05, 0) is 62.9 Å². The number of benzene rings is 1. The number of hydrogen-bond donors (Lipinski definition) is 0. The summed E-state index contributed by atoms with van der Waals surface area (Å²) in [6.07, 6.45) is 4.18. The molecule has 3 heterocycles. The summed E-state index contributed by atoms with van der Waals surface area (Å²) in [5.74, 6) is 1.51. The van der Waals surface area contributed by atoms with E-state index in [0.717, 1.165) is 51.0 Å². The Morgan fingerprint density at radius 2 is 2.07 bits per heavy atom. The molecule has 3 aliphatic heterocycles. The molecule has 0 aliphatic carbocycles. The standard InChI is InChI=1S/C22H30N4O/c1-24(2)15-21-19-10-18(20-7-4-8-22(27)26(20)21)13-25(14-19)12-17-6-3-5-16(9-17)11-23/h3,5-6,9,18-21H,4,7-8,10,12-15H2,1-2H3/t18-,19+,20+,21+/m1/s1. The van der Waals surface area contributed by atoms with E-state index in [-0.39, 0.29) is 0 Å². The second-order valence-corrected chi connectivity index (χ2v) is 8.85. The van der Waals surface area contributed by atoms with Crippen molar-refractivity contribution in [2.45, 2.75) is 44.3 Å². The van der Waals surface area contributed by atoms with Gasteiger partial charge in [0, 0.05) is 44.7 Å². The number of carbonyl (C=O) groups is 1. The number of piperidine rings is 3. The molecule has 144 valence electrons. The Morgan fingerprint density at radius 1 is 1.26 bits per heavy atom. The number of nitriles is 1. The number of hydrogen-bond acceptors (Lipinski definition) is 4. The van der Waals surface area contributed by atoms with Gasteiger partial charge in [-0.25, -0.2) is 0 Å². The molecule has 4 rings (SSSR count). The summed E-state index contributed by atoms with van der Waals surface area (Å²) < 4.78 is 0. The largest absolute Gasteiger partial charge is 0.335 e. The van der Waals surface area contributed by atoms with E-state index in [1.54, 1.807) is 0 Å². The first-order valence-corrected chi connectivity index (χ1v) is 10.2. The average Bonchev–Trinajstić information content (AvgIpc) is 2.65. The Bertz CT molecular complexity index is 740. The van der Waals surface area contributed by atoms with Gasteiger partial charge in [0.1, 0.15) is 0 Å². The van der Waals surface area contributed by atoms with Crippen LogP contribution in [0, 0.1) is 23.2 Å². The number of amides is 1. The minimum Gasteiger partial charge on any atom is -0.335 e. The van der Waals surface area contributed by atoms with Crippen LogP contribution in [-0.2, 0) is 11.3 Å². The highest BCUT2D eigenvalue weighted by molar-refractivity contribution is 5.78. The van der Waals surface area contributed by atoms with E-state index in [1.807, 2.05) is 18.2 Å². The van der Waals surface area contributed by atoms with Crippen molar-refractivity contribution in [2.75, 3.05) is 33.7 Å². The minimum absolute atomic E-state index is 0.335. The zero-order valence-electron chi connectivity index (χ0n) is 16.5. The molecular formula is C22H30N4O. The van der Waals surface area contributed by atoms with Crippen LogP contribution in [-0.4, -0.2) is 66.4 Å². The van der Waals surface area contributed by atoms with Crippen LogP contribution in [0.2, 0.25) is 0 Å². The molecule has 0 saturated carbocycles. The third-order valence-corrected chi connectivity index (χ3v) is 6.59. The van der Waals surface area contributed by atoms with Crippen molar-refractivity contribution in [1.82, 2.24) is 14.7 Å². The Labute approximate surface area is 162 Å². The van der Waals surface area contributed by atoms with Gasteiger partial charge in [0.25, 0.3) is 0 Å². The zero-order chi connectivity index (χ0) is 19.0. The van der Waals surface area contributed by atoms with Crippen LogP contribution in [0.1, 0.15) is 36.8 Å². The second-order valence-electron chi connectivity index (χ2n) is 8.85. The summed E-state index contributed by atoms with van der Waals surface area (Å²) >= 11 is 0. The van der Waals surface area contributed by atoms with Gasteiger partial charge in [-0.3, -0.25) is 9.69 Å². The van der Waals surface area contributed by atoms with Crippen LogP contribution >= 0.6 is 0 Å². The summed E-state index contributed by atoms with van der Waals surface area (Å²) in [7, 11) is 4.23. The van der Waals surface area contributed by atoms with E-state index in [9.17, 15) is 4.79 Å². The molecule has 5 nitrogen and oxygen atoms in total. The monoisotopic (exact) mass is 366 g/mol. The zero-order valence-corrected chi connectivity index (χ0v) is 16.5. The number of likely N-dealkylation sites (N-methyl/N-ethyl adjacent to an activating group) is 1. The maximum absolute atomic E-state index is 12.8. The van der Waals surface area contributed by atoms with Crippen molar-refractivity contribution in [3.05, 3.63) is 35.4 Å². The third kappa shape index (κ3) is 3.74. The summed E-state index contributed by atoms with van der Waals surface area (Å²) in [6, 6.07) is 11.0. The van der Waals surface area contributed by atoms with E-state index in [1.165, 1.54) is 12.0 Å². The van der Waals surface area contributed by atoms with Crippen LogP contribution in [0.3, 0.4) is 0 Å². The molecule has 2 bridgehead atoms. The Balaban J connectivity index is 1.55. The molecule has 0 radical (unpaired) electrons. The molecule has 1 aromatic carbocycles. The van der Waals surface area contributed by atoms with Crippen molar-refractivity contribution < 1.29 is 4.79 Å². The van der Waals surface area contributed by atoms with Gasteiger partial charge in [-0.15, -0.1) is 0 Å². The fourth-order valence-corrected chi connectivity index (χ4v) is 5.61. The molecule has 1 aromatic rings. The molecule has 3 saturated heterocycles. The lowest BCUT2D eigenvalue weighted by atomic mass is 9.72. The summed E-state index contributed by atoms with van der Waals surface area (Å²) in [5.41, 5.74) is 1.95. The Kier molecular flexibility index (Phi) is 5.21. The van der Waals surface area contributed by atoms with Gasteiger partial charge < -0.3 is 9.80 Å². The molecule has 0 N–H and O–H groups in total. The van der Waals surface area contributed by atoms with Gasteiger partial charge >= 0.3 is 0 Å². The normalized spacial score (nSPS) is 30.9. The van der Waals surface area contributed by atoms with Crippen molar-refractivity contribution in [2.24, 2.45) is 11.8 Å². The van der Waals surface area contributed by atoms with Crippen LogP contribution < -0.4 is 0 Å². The average molecular weight is 367 g/mol. The van der Waals surface area contributed by atoms with Gasteiger partial charge in [-0.1, -0.05) is 12.1 Å². The number of likely N-dealkylation sites (tertiary alicyclic amines) is 1. The maximum atomic E-state index is 12.8. The number of fused-ring (bicyclic) bond motifs is 4. The fourth-order valence-electron chi connectivity index (χ4n) is 5.61. The predicted molar refractivity (Wildman–Crippen MR) is 105 cm³/mol. The SMILES string of the molecule is CN(C)C[C@H]1[C@H]2C[C@H](CN(Cc3cccc(C#N)c3)C2)[C@@H]2CCCC(=O)N21. The molecule has 3 fully saturated rings. The first-order chi connectivity index (χ1) is 13.0. The van der Waals surface area contributed by atoms with Crippen molar-refractivity contribution in [3.63, 3.8) is 0 Å². The molecule has 5 heteroatoms. The van der Waals surface area contributed by atoms with Crippen molar-refractivity contribution in [3.8, 4) is 6.07 Å². The molecule has 27 heavy (non-hydrogen) atoms. The maximum Gasteiger partial charge on any atom is 0.223 e. The summed E-state index contributed by atoms with van der Waals surface area (Å²) in [5, 5.41) is 9.17. The van der Waals surface area contributed by atoms with Gasteiger partial charge in [0.05, 0.1) is 11.6 Å². The van der Waals surface area contributed by atoms with E-state index >= 15 is 0 Å². The predicted octanol–water partition coefficient (Wildman–Crippen LogP) is 2.32. The third-order valence-electron chi connectivity index (χ3n) is 6.59. The van der Waals surface area contributed by atoms with Crippen LogP contribution in [0.5, 0.6) is 0 Å².